The van der Waals surface area contributed by atoms with E-state index in [-0.39, 0.29) is 0 Å². The van der Waals surface area contributed by atoms with Gasteiger partial charge in [0.25, 0.3) is 0 Å². The summed E-state index contributed by atoms with van der Waals surface area (Å²) in [5.74, 6) is 1.27. The molecule has 160 valence electrons. The molecular weight excluding hydrogens is 404 g/mol. The van der Waals surface area contributed by atoms with E-state index in [1.807, 2.05) is 56.6 Å². The molecule has 0 saturated heterocycles. The van der Waals surface area contributed by atoms with Crippen molar-refractivity contribution in [3.05, 3.63) is 65.5 Å². The molecule has 9 heteroatoms. The fourth-order valence-electron chi connectivity index (χ4n) is 3.69. The molecule has 0 fully saturated rings. The number of nitrogens with zero attached hydrogens (tertiary/aromatic N) is 7. The number of anilines is 2. The number of rotatable bonds is 6. The lowest BCUT2D eigenvalue weighted by Crippen LogP contribution is -2.03. The van der Waals surface area contributed by atoms with Crippen LogP contribution in [0, 0.1) is 6.92 Å². The van der Waals surface area contributed by atoms with Gasteiger partial charge < -0.3 is 10.1 Å². The zero-order valence-corrected chi connectivity index (χ0v) is 18.1. The minimum absolute atomic E-state index is 0.588. The van der Waals surface area contributed by atoms with Crippen molar-refractivity contribution in [2.24, 2.45) is 12.0 Å². The zero-order chi connectivity index (χ0) is 22.1. The summed E-state index contributed by atoms with van der Waals surface area (Å²) in [5, 5.41) is 16.3. The molecule has 0 radical (unpaired) electrons. The fraction of sp³-hybridized carbons (Fsp3) is 0.217. The number of hydrogen-bond donors (Lipinski definition) is 1. The Labute approximate surface area is 185 Å². The van der Waals surface area contributed by atoms with E-state index in [0.29, 0.717) is 24.4 Å². The van der Waals surface area contributed by atoms with Gasteiger partial charge in [-0.25, -0.2) is 4.98 Å². The maximum Gasteiger partial charge on any atom is 0.184 e. The van der Waals surface area contributed by atoms with Crippen LogP contribution in [0.15, 0.2) is 47.7 Å². The van der Waals surface area contributed by atoms with Crippen LogP contribution in [0.5, 0.6) is 5.75 Å². The minimum atomic E-state index is 0.588. The van der Waals surface area contributed by atoms with Gasteiger partial charge >= 0.3 is 0 Å². The molecule has 32 heavy (non-hydrogen) atoms. The molecule has 0 saturated carbocycles. The van der Waals surface area contributed by atoms with Gasteiger partial charge in [0.15, 0.2) is 11.6 Å². The summed E-state index contributed by atoms with van der Waals surface area (Å²) in [5.41, 5.74) is 6.91. The number of aryl methyl sites for hydroxylation is 2. The average Bonchev–Trinajstić information content (AvgIpc) is 3.44. The number of nitrogens with one attached hydrogen (secondary N) is 1. The lowest BCUT2D eigenvalue weighted by atomic mass is 10.1. The Balaban J connectivity index is 1.52. The summed E-state index contributed by atoms with van der Waals surface area (Å²) < 4.78 is 7.41. The van der Waals surface area contributed by atoms with Crippen molar-refractivity contribution in [3.8, 4) is 17.1 Å². The van der Waals surface area contributed by atoms with Crippen molar-refractivity contribution in [1.82, 2.24) is 29.9 Å². The maximum atomic E-state index is 5.74. The molecule has 5 rings (SSSR count). The average molecular weight is 426 g/mol. The number of fused-ring (bicyclic) bond motifs is 1. The van der Waals surface area contributed by atoms with Crippen LogP contribution in [0.3, 0.4) is 0 Å². The first-order valence-corrected chi connectivity index (χ1v) is 10.3. The molecule has 4 heterocycles. The van der Waals surface area contributed by atoms with E-state index in [9.17, 15) is 0 Å². The summed E-state index contributed by atoms with van der Waals surface area (Å²) in [6, 6.07) is 11.8. The van der Waals surface area contributed by atoms with Gasteiger partial charge in [-0.1, -0.05) is 6.07 Å². The second-order valence-electron chi connectivity index (χ2n) is 7.57. The molecule has 0 unspecified atom stereocenters. The van der Waals surface area contributed by atoms with Crippen molar-refractivity contribution < 1.29 is 4.74 Å². The summed E-state index contributed by atoms with van der Waals surface area (Å²) in [6.07, 6.45) is 4.83. The summed E-state index contributed by atoms with van der Waals surface area (Å²) in [6.45, 7) is 1.92. The van der Waals surface area contributed by atoms with Crippen LogP contribution < -0.4 is 10.1 Å². The third-order valence-corrected chi connectivity index (χ3v) is 5.17. The predicted octanol–water partition coefficient (Wildman–Crippen LogP) is 3.58. The molecule has 0 amide bonds. The van der Waals surface area contributed by atoms with Gasteiger partial charge in [0.1, 0.15) is 12.0 Å². The number of benzene rings is 1. The van der Waals surface area contributed by atoms with Crippen LogP contribution in [0.4, 0.5) is 17.1 Å². The normalized spacial score (nSPS) is 12.1. The predicted molar refractivity (Wildman–Crippen MR) is 122 cm³/mol. The molecule has 0 bridgehead atoms. The molecule has 0 atom stereocenters. The molecule has 1 aliphatic rings. The van der Waals surface area contributed by atoms with Crippen molar-refractivity contribution in [1.29, 1.82) is 0 Å². The first-order valence-electron chi connectivity index (χ1n) is 10.3. The number of pyridine rings is 1. The number of aromatic nitrogens is 6. The standard InChI is InChI=1S/C23H22N8O/c1-14-7-8-15(29-28-14)11-16-12-20(21-18(26-16)9-10-24-21)27-19-6-4-5-17(22(19)32-3)23-25-13-31(2)30-23/h4-8,10,12-13H,9,11H2,1-3H3,(H,26,27). The molecule has 4 aromatic rings. The van der Waals surface area contributed by atoms with Crippen molar-refractivity contribution >= 4 is 23.3 Å². The third kappa shape index (κ3) is 3.80. The maximum absolute atomic E-state index is 5.74. The van der Waals surface area contributed by atoms with Gasteiger partial charge in [0, 0.05) is 31.8 Å². The van der Waals surface area contributed by atoms with E-state index in [0.717, 1.165) is 45.4 Å². The number of hydrogen-bond acceptors (Lipinski definition) is 8. The second-order valence-corrected chi connectivity index (χ2v) is 7.57. The molecule has 0 spiro atoms. The Morgan fingerprint density at radius 1 is 1.09 bits per heavy atom. The molecule has 9 nitrogen and oxygen atoms in total. The minimum Gasteiger partial charge on any atom is -0.494 e. The largest absolute Gasteiger partial charge is 0.494 e. The molecule has 3 aromatic heterocycles. The Morgan fingerprint density at radius 3 is 2.75 bits per heavy atom. The first kappa shape index (κ1) is 19.8. The fourth-order valence-corrected chi connectivity index (χ4v) is 3.69. The van der Waals surface area contributed by atoms with Crippen LogP contribution in [0.2, 0.25) is 0 Å². The third-order valence-electron chi connectivity index (χ3n) is 5.17. The summed E-state index contributed by atoms with van der Waals surface area (Å²) in [7, 11) is 3.48. The quantitative estimate of drug-likeness (QED) is 0.503. The van der Waals surface area contributed by atoms with Gasteiger partial charge in [0.05, 0.1) is 41.1 Å². The number of methoxy groups -OCH3 is 1. The van der Waals surface area contributed by atoms with Gasteiger partial charge in [-0.05, 0) is 37.3 Å². The molecule has 1 aromatic carbocycles. The number of aliphatic imine (C=N–C) groups is 1. The highest BCUT2D eigenvalue weighted by molar-refractivity contribution is 5.86. The molecule has 1 N–H and O–H groups in total. The summed E-state index contributed by atoms with van der Waals surface area (Å²) >= 11 is 0. The van der Waals surface area contributed by atoms with Crippen LogP contribution in [-0.2, 0) is 19.9 Å². The molecular formula is C23H22N8O. The lowest BCUT2D eigenvalue weighted by Gasteiger charge is -2.16. The van der Waals surface area contributed by atoms with Crippen molar-refractivity contribution in [2.45, 2.75) is 19.8 Å². The number of ether oxygens (including phenoxy) is 1. The monoisotopic (exact) mass is 426 g/mol. The van der Waals surface area contributed by atoms with E-state index in [2.05, 4.69) is 30.6 Å². The van der Waals surface area contributed by atoms with Crippen LogP contribution in [0.25, 0.3) is 11.4 Å². The van der Waals surface area contributed by atoms with Crippen molar-refractivity contribution in [3.63, 3.8) is 0 Å². The smallest absolute Gasteiger partial charge is 0.184 e. The Morgan fingerprint density at radius 2 is 2.00 bits per heavy atom. The van der Waals surface area contributed by atoms with Gasteiger partial charge in [0.2, 0.25) is 0 Å². The van der Waals surface area contributed by atoms with E-state index < -0.39 is 0 Å². The van der Waals surface area contributed by atoms with Crippen LogP contribution >= 0.6 is 0 Å². The molecule has 0 aliphatic carbocycles. The number of para-hydroxylation sites is 1. The highest BCUT2D eigenvalue weighted by atomic mass is 16.5. The van der Waals surface area contributed by atoms with Gasteiger partial charge in [-0.15, -0.1) is 0 Å². The lowest BCUT2D eigenvalue weighted by molar-refractivity contribution is 0.418. The highest BCUT2D eigenvalue weighted by Gasteiger charge is 2.19. The molecule has 1 aliphatic heterocycles. The van der Waals surface area contributed by atoms with Crippen LogP contribution in [0.1, 0.15) is 22.8 Å². The summed E-state index contributed by atoms with van der Waals surface area (Å²) in [4.78, 5) is 13.7. The Hall–Kier alpha value is -4.14. The van der Waals surface area contributed by atoms with E-state index in [1.54, 1.807) is 18.1 Å². The first-order chi connectivity index (χ1) is 15.6. The van der Waals surface area contributed by atoms with Crippen molar-refractivity contribution in [2.75, 3.05) is 12.4 Å². The van der Waals surface area contributed by atoms with Crippen LogP contribution in [-0.4, -0.2) is 43.3 Å². The second kappa shape index (κ2) is 8.18. The van der Waals surface area contributed by atoms with E-state index >= 15 is 0 Å². The SMILES string of the molecule is COc1c(Nc2cc(Cc3ccc(C)nn3)nc3c2N=CC3)cccc1-c1ncn(C)n1. The Kier molecular flexibility index (Phi) is 5.06. The highest BCUT2D eigenvalue weighted by Crippen LogP contribution is 2.40. The Bertz CT molecular complexity index is 1310. The van der Waals surface area contributed by atoms with Gasteiger partial charge in [-0.2, -0.15) is 15.3 Å². The van der Waals surface area contributed by atoms with Gasteiger partial charge in [-0.3, -0.25) is 14.7 Å². The van der Waals surface area contributed by atoms with E-state index in [4.69, 9.17) is 9.72 Å². The van der Waals surface area contributed by atoms with E-state index in [1.165, 1.54) is 0 Å². The topological polar surface area (TPSA) is 103 Å². The zero-order valence-electron chi connectivity index (χ0n) is 18.1.